The van der Waals surface area contributed by atoms with E-state index in [4.69, 9.17) is 9.46 Å². The Morgan fingerprint density at radius 3 is 1.38 bits per heavy atom. The van der Waals surface area contributed by atoms with E-state index in [0.717, 1.165) is 12.2 Å². The van der Waals surface area contributed by atoms with Crippen LogP contribution in [0.5, 0.6) is 0 Å². The van der Waals surface area contributed by atoms with Gasteiger partial charge in [0.15, 0.2) is 0 Å². The molecule has 0 aromatic rings. The Bertz CT molecular complexity index is 359. The molecule has 2 amide bonds. The maximum absolute atomic E-state index is 10.1. The quantitative estimate of drug-likeness (QED) is 0.146. The summed E-state index contributed by atoms with van der Waals surface area (Å²) in [5, 5.41) is 0. The fourth-order valence-electron chi connectivity index (χ4n) is 0.179. The molecule has 0 aliphatic heterocycles. The number of hydrogen-bond donors (Lipinski definition) is 0. The second-order valence-electron chi connectivity index (χ2n) is 1.43. The summed E-state index contributed by atoms with van der Waals surface area (Å²) < 4.78 is 28.4. The number of halogens is 2. The number of hydrogen-bond acceptors (Lipinski definition) is 6. The zero-order chi connectivity index (χ0) is 12.5. The van der Waals surface area contributed by atoms with E-state index in [0.29, 0.717) is 0 Å². The molecule has 8 nitrogen and oxygen atoms in total. The van der Waals surface area contributed by atoms with E-state index in [1.165, 1.54) is 0 Å². The monoisotopic (exact) mass is 280 g/mol. The molecule has 0 spiro atoms. The van der Waals surface area contributed by atoms with Crippen molar-refractivity contribution in [2.45, 2.75) is 0 Å². The molecular weight excluding hydrogens is 280 g/mol. The van der Waals surface area contributed by atoms with Crippen molar-refractivity contribution in [3.8, 4) is 0 Å². The average molecular weight is 280 g/mol. The largest absolute Gasteiger partial charge is 1.00 e. The normalized spacial score (nSPS) is 7.94. The van der Waals surface area contributed by atoms with Crippen LogP contribution < -0.4 is 56.3 Å². The van der Waals surface area contributed by atoms with Crippen molar-refractivity contribution in [3.63, 3.8) is 0 Å². The Morgan fingerprint density at radius 1 is 1.06 bits per heavy atom. The van der Waals surface area contributed by atoms with Gasteiger partial charge in [-0.15, -0.1) is 9.98 Å². The van der Waals surface area contributed by atoms with Crippen molar-refractivity contribution in [1.29, 1.82) is 0 Å². The molecule has 16 heavy (non-hydrogen) atoms. The second-order valence-corrected chi connectivity index (χ2v) is 2.26. The van der Waals surface area contributed by atoms with E-state index >= 15 is 0 Å². The first-order chi connectivity index (χ1) is 6.72. The molecule has 0 saturated carbocycles. The zero-order valence-corrected chi connectivity index (χ0v) is 11.6. The number of amides is 2. The Balaban J connectivity index is -0.000000242. The van der Waals surface area contributed by atoms with Crippen LogP contribution in [-0.4, -0.2) is 24.0 Å². The summed E-state index contributed by atoms with van der Waals surface area (Å²) in [6.45, 7) is 0. The van der Waals surface area contributed by atoms with Gasteiger partial charge in [0, 0.05) is 0 Å². The minimum atomic E-state index is -5.89. The van der Waals surface area contributed by atoms with Gasteiger partial charge in [0.2, 0.25) is 12.2 Å². The van der Waals surface area contributed by atoms with Gasteiger partial charge in [-0.05, 0) is 0 Å². The van der Waals surface area contributed by atoms with Crippen molar-refractivity contribution in [1.82, 2.24) is 0 Å². The summed E-state index contributed by atoms with van der Waals surface area (Å²) in [5.41, 5.74) is 0. The Kier molecular flexibility index (Phi) is 14.9. The fraction of sp³-hybridized carbons (Fsp3) is 0. The van der Waals surface area contributed by atoms with Crippen LogP contribution in [-0.2, 0) is 23.7 Å². The standard InChI is InChI=1S/C4N2O4.F2HO2P.K/c7-1-5-3(9)4(10)6-2-8;1-5(2,3)4;/h;(H,3,4);/q;;+1/p-1. The van der Waals surface area contributed by atoms with E-state index in [1.807, 2.05) is 0 Å². The molecule has 0 aromatic heterocycles. The van der Waals surface area contributed by atoms with Crippen molar-refractivity contribution in [2.75, 3.05) is 0 Å². The van der Waals surface area contributed by atoms with Gasteiger partial charge in [-0.1, -0.05) is 0 Å². The number of rotatable bonds is 0. The average Bonchev–Trinajstić information content (AvgIpc) is 2.02. The molecule has 0 saturated heterocycles. The van der Waals surface area contributed by atoms with Crippen LogP contribution in [0.2, 0.25) is 0 Å². The molecule has 0 rings (SSSR count). The first-order valence-electron chi connectivity index (χ1n) is 2.66. The molecule has 0 bridgehead atoms. The van der Waals surface area contributed by atoms with Crippen molar-refractivity contribution < 1.29 is 88.4 Å². The van der Waals surface area contributed by atoms with Crippen molar-refractivity contribution in [3.05, 3.63) is 0 Å². The molecule has 0 N–H and O–H groups in total. The van der Waals surface area contributed by atoms with Crippen LogP contribution in [0.15, 0.2) is 9.98 Å². The molecule has 0 unspecified atom stereocenters. The maximum atomic E-state index is 10.1. The number of carbonyl (C=O) groups is 2. The summed E-state index contributed by atoms with van der Waals surface area (Å²) in [4.78, 5) is 51.9. The van der Waals surface area contributed by atoms with Crippen LogP contribution in [0, 0.1) is 0 Å². The molecule has 82 valence electrons. The third kappa shape index (κ3) is 23.5. The minimum absolute atomic E-state index is 0. The zero-order valence-electron chi connectivity index (χ0n) is 7.55. The summed E-state index contributed by atoms with van der Waals surface area (Å²) in [6.07, 6.45) is 1.64. The number of nitrogens with zero attached hydrogens (tertiary/aromatic N) is 2. The summed E-state index contributed by atoms with van der Waals surface area (Å²) in [5.74, 6) is -2.86. The first kappa shape index (κ1) is 21.1. The van der Waals surface area contributed by atoms with E-state index < -0.39 is 19.8 Å². The number of aliphatic imine (C=N–C) groups is 2. The van der Waals surface area contributed by atoms with Crippen molar-refractivity contribution in [2.24, 2.45) is 9.98 Å². The smallest absolute Gasteiger partial charge is 0.749 e. The van der Waals surface area contributed by atoms with E-state index in [2.05, 4.69) is 9.98 Å². The third-order valence-corrected chi connectivity index (χ3v) is 0.477. The van der Waals surface area contributed by atoms with Gasteiger partial charge in [-0.2, -0.15) is 8.39 Å². The van der Waals surface area contributed by atoms with Crippen LogP contribution in [0.1, 0.15) is 0 Å². The van der Waals surface area contributed by atoms with Gasteiger partial charge in [0.25, 0.3) is 0 Å². The first-order valence-corrected chi connectivity index (χ1v) is 4.07. The Hall–Kier alpha value is -0.214. The van der Waals surface area contributed by atoms with Crippen LogP contribution in [0.4, 0.5) is 8.39 Å². The summed E-state index contributed by atoms with van der Waals surface area (Å²) >= 11 is 0. The maximum Gasteiger partial charge on any atom is 1.00 e. The molecule has 0 radical (unpaired) electrons. The molecule has 0 atom stereocenters. The molecule has 0 aromatic carbocycles. The molecule has 0 fully saturated rings. The number of carbonyl (C=O) groups excluding carboxylic acids is 4. The van der Waals surface area contributed by atoms with Crippen LogP contribution >= 0.6 is 7.99 Å². The molecule has 12 heteroatoms. The second kappa shape index (κ2) is 11.3. The predicted molar refractivity (Wildman–Crippen MR) is 36.1 cm³/mol. The third-order valence-electron chi connectivity index (χ3n) is 0.477. The number of isocyanates is 2. The Morgan fingerprint density at radius 2 is 1.25 bits per heavy atom. The molecule has 0 heterocycles. The van der Waals surface area contributed by atoms with Gasteiger partial charge in [-0.25, -0.2) is 9.59 Å². The summed E-state index contributed by atoms with van der Waals surface area (Å²) in [7, 11) is -5.89. The molecule has 0 aliphatic rings. The fourth-order valence-corrected chi connectivity index (χ4v) is 0.179. The van der Waals surface area contributed by atoms with Gasteiger partial charge < -0.3 is 4.89 Å². The van der Waals surface area contributed by atoms with E-state index in [1.54, 1.807) is 0 Å². The van der Waals surface area contributed by atoms with Crippen LogP contribution in [0.25, 0.3) is 0 Å². The topological polar surface area (TPSA) is 133 Å². The van der Waals surface area contributed by atoms with E-state index in [-0.39, 0.29) is 51.4 Å². The van der Waals surface area contributed by atoms with Gasteiger partial charge >= 0.3 is 71.2 Å². The predicted octanol–water partition coefficient (Wildman–Crippen LogP) is -3.89. The Labute approximate surface area is 129 Å². The van der Waals surface area contributed by atoms with Gasteiger partial charge in [0.1, 0.15) is 0 Å². The summed E-state index contributed by atoms with van der Waals surface area (Å²) in [6, 6.07) is 0. The van der Waals surface area contributed by atoms with Crippen LogP contribution in [0.3, 0.4) is 0 Å². The van der Waals surface area contributed by atoms with Gasteiger partial charge in [0.05, 0.1) is 0 Å². The molecule has 0 aliphatic carbocycles. The molecular formula is C4F2KN2O6P. The SMILES string of the molecule is O=C=NC(=O)C(=O)N=C=O.O=P([O-])(F)F.[K+]. The minimum Gasteiger partial charge on any atom is -0.749 e. The van der Waals surface area contributed by atoms with E-state index in [9.17, 15) is 27.6 Å². The van der Waals surface area contributed by atoms with Gasteiger partial charge in [-0.3, -0.25) is 14.2 Å². The van der Waals surface area contributed by atoms with Crippen molar-refractivity contribution >= 4 is 32.0 Å².